The van der Waals surface area contributed by atoms with Crippen molar-refractivity contribution >= 4 is 59.7 Å². The Morgan fingerprint density at radius 2 is 0.790 bits per heavy atom. The van der Waals surface area contributed by atoms with Crippen LogP contribution >= 0.6 is 0 Å². The summed E-state index contributed by atoms with van der Waals surface area (Å²) in [5.41, 5.74) is -2.37. The molecule has 0 radical (unpaired) electrons. The summed E-state index contributed by atoms with van der Waals surface area (Å²) in [5.74, 6) is 6.24. The van der Waals surface area contributed by atoms with Crippen molar-refractivity contribution < 1.29 is 106 Å². The van der Waals surface area contributed by atoms with Crippen LogP contribution in [0.4, 0.5) is 0 Å². The molecule has 20 atom stereocenters. The van der Waals surface area contributed by atoms with Crippen molar-refractivity contribution in [3.05, 3.63) is 0 Å². The van der Waals surface area contributed by atoms with E-state index in [0.717, 1.165) is 185 Å². The maximum atomic E-state index is 12.1. The number of esters is 10. The highest BCUT2D eigenvalue weighted by molar-refractivity contribution is 5.80. The van der Waals surface area contributed by atoms with Gasteiger partial charge in [-0.3, -0.25) is 47.9 Å². The van der Waals surface area contributed by atoms with Gasteiger partial charge in [-0.1, -0.05) is 214 Å². The lowest BCUT2D eigenvalue weighted by Gasteiger charge is -2.59. The standard InChI is InChI=1S/2C15H24O3.C14H20O4.2C13H24O2.2C10H14O2.2C6H12O2.14CH4/c2*1-3-10(2)13(16)18-15-7-11-4-12(8-15)6-14(17,5-11)9-15;1-3-7(2)13(15)17-6-10-8-4-9-11(5-8)18-14(16)12(9)10;2*1-5-12(3,4)11(14)15-13(6-2)9-7-8-10-13;11-9-5-10(6-12-9)4-7-1-2-8(10)3-7;11-9-10(3-4-12-9)6-7-1-2-8(10)5-7;2*1-4-5(2)6(7)8-3;;;;;;;;;;;;;;/h2*10-12,17H,3-9H2,1-2H3;7-12H,3-6H2,1-2H3;2*5-10H2,1-4H3;2*7-8H,1-6H2;2*5H,4H2,1-3H3;14*1H4. The first-order chi connectivity index (χ1) is 58.4. The van der Waals surface area contributed by atoms with Crippen molar-refractivity contribution in [2.75, 3.05) is 34.0 Å². The molecule has 2 spiro atoms. The number of fused-ring (bicyclic) bond motifs is 7. The number of carbonyl (C=O) groups excluding carboxylic acids is 10. The van der Waals surface area contributed by atoms with Gasteiger partial charge in [0.1, 0.15) is 28.5 Å². The third kappa shape index (κ3) is 34.7. The van der Waals surface area contributed by atoms with Gasteiger partial charge in [-0.25, -0.2) is 0 Å². The molecule has 138 heavy (non-hydrogen) atoms. The second-order valence-electron chi connectivity index (χ2n) is 44.0. The maximum absolute atomic E-state index is 12.1. The van der Waals surface area contributed by atoms with E-state index in [0.29, 0.717) is 79.3 Å². The predicted octanol–water partition coefficient (Wildman–Crippen LogP) is 29.3. The van der Waals surface area contributed by atoms with E-state index in [2.05, 4.69) is 23.3 Å². The van der Waals surface area contributed by atoms with Crippen LogP contribution in [0.3, 0.4) is 0 Å². The lowest BCUT2D eigenvalue weighted by atomic mass is 9.52. The molecular weight excluding hydrogens is 1750 g/mol. The molecule has 16 aliphatic carbocycles. The first-order valence-corrected chi connectivity index (χ1v) is 49.7. The van der Waals surface area contributed by atoms with Gasteiger partial charge >= 0.3 is 59.7 Å². The molecule has 19 rings (SSSR count). The monoisotopic (exact) mass is 1970 g/mol. The Kier molecular flexibility index (Phi) is 62.9. The van der Waals surface area contributed by atoms with Crippen LogP contribution in [0, 0.1) is 122 Å². The first-order valence-electron chi connectivity index (χ1n) is 49.7. The SMILES string of the molecule is C.C.C.C.C.C.C.C.C.C.C.C.C.C.CCC(C)C(=O)OC.CCC(C)C(=O)OC.CCC(C)C(=O)OC12CC3CC(CC(O)(C3)C1)C2.CCC(C)C(=O)OC12CC3CC(CC(O)(C3)C1)C2.CCC(C)C(=O)OCC1C2CC3OC(=O)C1C3C2.CCC1(OC(=O)C(C)(C)CC)CCCC1.CCC1(OC(=O)C(C)(C)CC)CCCC1.O=C1CC2(CO1)CC1CCC2C1.O=C1OCCC12CC1CCC2C1. The molecule has 3 saturated heterocycles. The molecule has 3 aliphatic heterocycles. The van der Waals surface area contributed by atoms with E-state index in [9.17, 15) is 58.2 Å². The van der Waals surface area contributed by atoms with E-state index < -0.39 is 11.2 Å². The Bertz CT molecular complexity index is 3420. The first kappa shape index (κ1) is 143. The molecule has 20 unspecified atom stereocenters. The van der Waals surface area contributed by atoms with Gasteiger partial charge in [-0.05, 0) is 312 Å². The van der Waals surface area contributed by atoms with Crippen LogP contribution in [0.25, 0.3) is 0 Å². The molecule has 22 heteroatoms. The molecular formula is C116H224O22. The fraction of sp³-hybridized carbons (Fsp3) is 0.914. The Balaban J connectivity index is -0.000000354. The van der Waals surface area contributed by atoms with Crippen LogP contribution in [-0.2, 0) is 95.3 Å². The number of hydrogen-bond acceptors (Lipinski definition) is 22. The fourth-order valence-corrected chi connectivity index (χ4v) is 25.2. The van der Waals surface area contributed by atoms with Gasteiger partial charge in [0, 0.05) is 30.1 Å². The summed E-state index contributed by atoms with van der Waals surface area (Å²) in [6.07, 6.45) is 42.6. The Hall–Kier alpha value is -5.38. The average Bonchev–Trinajstić information content (AvgIpc) is 1.20. The minimum atomic E-state index is -0.542. The molecule has 3 heterocycles. The molecule has 19 aliphatic rings. The predicted molar refractivity (Wildman–Crippen MR) is 567 cm³/mol. The van der Waals surface area contributed by atoms with Crippen LogP contribution in [0.5, 0.6) is 0 Å². The molecule has 0 aromatic rings. The topological polar surface area (TPSA) is 303 Å². The molecule has 820 valence electrons. The quantitative estimate of drug-likeness (QED) is 0.0751. The van der Waals surface area contributed by atoms with Crippen LogP contribution in [0.2, 0.25) is 0 Å². The van der Waals surface area contributed by atoms with Crippen molar-refractivity contribution in [3.8, 4) is 0 Å². The number of ether oxygens (including phenoxy) is 10. The van der Waals surface area contributed by atoms with Crippen LogP contribution in [-0.4, -0.2) is 144 Å². The number of rotatable bonds is 22. The summed E-state index contributed by atoms with van der Waals surface area (Å²) in [6.45, 7) is 37.4. The van der Waals surface area contributed by atoms with Gasteiger partial charge in [-0.15, -0.1) is 0 Å². The summed E-state index contributed by atoms with van der Waals surface area (Å²) in [7, 11) is 2.82. The number of cyclic esters (lactones) is 2. The highest BCUT2D eigenvalue weighted by Crippen LogP contribution is 2.64. The Morgan fingerprint density at radius 3 is 1.08 bits per heavy atom. The van der Waals surface area contributed by atoms with E-state index >= 15 is 0 Å². The third-order valence-corrected chi connectivity index (χ3v) is 34.2. The second kappa shape index (κ2) is 60.5. The number of hydrogen-bond donors (Lipinski definition) is 2. The van der Waals surface area contributed by atoms with Crippen molar-refractivity contribution in [3.63, 3.8) is 0 Å². The minimum absolute atomic E-state index is 0. The molecule has 2 N–H and O–H groups in total. The maximum Gasteiger partial charge on any atom is 0.312 e. The molecule has 19 fully saturated rings. The average molecular weight is 1970 g/mol. The number of aliphatic hydroxyl groups is 2. The van der Waals surface area contributed by atoms with Crippen molar-refractivity contribution in [2.24, 2.45) is 122 Å². The van der Waals surface area contributed by atoms with Crippen LogP contribution < -0.4 is 0 Å². The van der Waals surface area contributed by atoms with Gasteiger partial charge in [0.25, 0.3) is 0 Å². The van der Waals surface area contributed by atoms with Gasteiger partial charge in [0.15, 0.2) is 0 Å². The highest BCUT2D eigenvalue weighted by Gasteiger charge is 2.65. The number of methoxy groups -OCH3 is 2. The lowest BCUT2D eigenvalue weighted by Crippen LogP contribution is -2.60. The molecule has 14 bridgehead atoms. The minimum Gasteiger partial charge on any atom is -0.469 e. The Morgan fingerprint density at radius 1 is 0.420 bits per heavy atom. The van der Waals surface area contributed by atoms with E-state index in [1.165, 1.54) is 97.7 Å². The van der Waals surface area contributed by atoms with Gasteiger partial charge in [-0.2, -0.15) is 0 Å². The molecule has 0 amide bonds. The smallest absolute Gasteiger partial charge is 0.312 e. The summed E-state index contributed by atoms with van der Waals surface area (Å²) in [4.78, 5) is 115. The lowest BCUT2D eigenvalue weighted by molar-refractivity contribution is -0.223. The van der Waals surface area contributed by atoms with Crippen molar-refractivity contribution in [2.45, 2.75) is 532 Å². The molecule has 16 saturated carbocycles. The third-order valence-electron chi connectivity index (χ3n) is 34.2. The molecule has 22 nitrogen and oxygen atoms in total. The summed E-state index contributed by atoms with van der Waals surface area (Å²) in [6, 6.07) is 0. The fourth-order valence-electron chi connectivity index (χ4n) is 25.2. The number of carbonyl (C=O) groups is 10. The normalized spacial score (nSPS) is 32.4. The zero-order valence-corrected chi connectivity index (χ0v) is 80.6. The summed E-state index contributed by atoms with van der Waals surface area (Å²) in [5, 5.41) is 21.2. The molecule has 0 aromatic carbocycles. The zero-order chi connectivity index (χ0) is 91.3. The Labute approximate surface area is 848 Å². The van der Waals surface area contributed by atoms with E-state index in [1.807, 2.05) is 111 Å². The van der Waals surface area contributed by atoms with Crippen molar-refractivity contribution in [1.29, 1.82) is 0 Å². The second-order valence-corrected chi connectivity index (χ2v) is 44.0. The largest absolute Gasteiger partial charge is 0.469 e. The van der Waals surface area contributed by atoms with E-state index in [-0.39, 0.29) is 250 Å². The molecule has 0 aromatic heterocycles. The zero-order valence-electron chi connectivity index (χ0n) is 80.6. The van der Waals surface area contributed by atoms with Gasteiger partial charge < -0.3 is 57.6 Å². The van der Waals surface area contributed by atoms with E-state index in [1.54, 1.807) is 0 Å². The summed E-state index contributed by atoms with van der Waals surface area (Å²) >= 11 is 0. The van der Waals surface area contributed by atoms with Crippen molar-refractivity contribution in [1.82, 2.24) is 0 Å². The highest BCUT2D eigenvalue weighted by atomic mass is 16.6. The van der Waals surface area contributed by atoms with Gasteiger partial charge in [0.2, 0.25) is 0 Å². The van der Waals surface area contributed by atoms with Crippen LogP contribution in [0.1, 0.15) is 492 Å². The van der Waals surface area contributed by atoms with Crippen LogP contribution in [0.15, 0.2) is 0 Å². The summed E-state index contributed by atoms with van der Waals surface area (Å²) < 4.78 is 53.2. The van der Waals surface area contributed by atoms with Gasteiger partial charge in [0.05, 0.1) is 103 Å². The van der Waals surface area contributed by atoms with E-state index in [4.69, 9.17) is 37.9 Å².